The van der Waals surface area contributed by atoms with E-state index in [4.69, 9.17) is 6.42 Å². The zero-order valence-corrected chi connectivity index (χ0v) is 10.6. The van der Waals surface area contributed by atoms with E-state index in [0.717, 1.165) is 12.8 Å². The number of hydrogen-bond acceptors (Lipinski definition) is 1. The molecule has 1 amide bonds. The second kappa shape index (κ2) is 4.17. The minimum Gasteiger partial charge on any atom is -0.334 e. The number of fused-ring (bicyclic) bond motifs is 3. The zero-order chi connectivity index (χ0) is 12.7. The molecule has 1 aromatic rings. The molecule has 0 N–H and O–H groups in total. The Morgan fingerprint density at radius 3 is 3.06 bits per heavy atom. The lowest BCUT2D eigenvalue weighted by molar-refractivity contribution is -0.131. The number of nitrogens with zero attached hydrogens (tertiary/aromatic N) is 1. The Morgan fingerprint density at radius 2 is 2.28 bits per heavy atom. The Balaban J connectivity index is 1.81. The van der Waals surface area contributed by atoms with Crippen LogP contribution in [0.3, 0.4) is 0 Å². The smallest absolute Gasteiger partial charge is 0.227 e. The largest absolute Gasteiger partial charge is 0.334 e. The summed E-state index contributed by atoms with van der Waals surface area (Å²) in [7, 11) is 1.80. The van der Waals surface area contributed by atoms with Gasteiger partial charge in [0.2, 0.25) is 5.91 Å². The first-order valence-electron chi connectivity index (χ1n) is 6.50. The molecular formula is C16H17NO. The Bertz CT molecular complexity index is 528. The molecule has 1 aromatic carbocycles. The van der Waals surface area contributed by atoms with Crippen LogP contribution < -0.4 is 0 Å². The van der Waals surface area contributed by atoms with E-state index in [1.165, 1.54) is 11.1 Å². The van der Waals surface area contributed by atoms with Crippen LogP contribution in [-0.4, -0.2) is 24.4 Å². The molecule has 0 spiro atoms. The summed E-state index contributed by atoms with van der Waals surface area (Å²) in [5, 5.41) is 0. The first-order valence-corrected chi connectivity index (χ1v) is 6.50. The molecule has 0 aromatic heterocycles. The molecule has 1 fully saturated rings. The first kappa shape index (κ1) is 11.3. The lowest BCUT2D eigenvalue weighted by Crippen LogP contribution is -2.29. The lowest BCUT2D eigenvalue weighted by atomic mass is 9.92. The molecule has 0 radical (unpaired) electrons. The maximum Gasteiger partial charge on any atom is 0.227 e. The molecule has 2 heteroatoms. The summed E-state index contributed by atoms with van der Waals surface area (Å²) in [6.07, 6.45) is 7.52. The number of carbonyl (C=O) groups excluding carboxylic acids is 1. The SMILES string of the molecule is C#CCN(C)C(=O)C1C2CCc3ccccc3C21. The van der Waals surface area contributed by atoms with Crippen LogP contribution in [0, 0.1) is 24.2 Å². The van der Waals surface area contributed by atoms with Crippen LogP contribution in [0.25, 0.3) is 0 Å². The van der Waals surface area contributed by atoms with Gasteiger partial charge in [-0.05, 0) is 35.8 Å². The highest BCUT2D eigenvalue weighted by Crippen LogP contribution is 2.60. The van der Waals surface area contributed by atoms with Crippen LogP contribution in [-0.2, 0) is 11.2 Å². The van der Waals surface area contributed by atoms with Crippen LogP contribution in [0.4, 0.5) is 0 Å². The third-order valence-corrected chi connectivity index (χ3v) is 4.32. The molecule has 92 valence electrons. The van der Waals surface area contributed by atoms with Crippen molar-refractivity contribution in [3.63, 3.8) is 0 Å². The van der Waals surface area contributed by atoms with Crippen molar-refractivity contribution in [2.24, 2.45) is 11.8 Å². The molecule has 1 saturated carbocycles. The standard InChI is InChI=1S/C16H17NO/c1-3-10-17(2)16(18)15-13-9-8-11-6-4-5-7-12(11)14(13)15/h1,4-7,13-15H,8-10H2,2H3. The van der Waals surface area contributed by atoms with Crippen molar-refractivity contribution in [1.82, 2.24) is 4.90 Å². The average molecular weight is 239 g/mol. The summed E-state index contributed by atoms with van der Waals surface area (Å²) in [5.41, 5.74) is 2.81. The Labute approximate surface area is 108 Å². The van der Waals surface area contributed by atoms with Crippen molar-refractivity contribution in [2.45, 2.75) is 18.8 Å². The van der Waals surface area contributed by atoms with Crippen LogP contribution >= 0.6 is 0 Å². The molecule has 3 atom stereocenters. The van der Waals surface area contributed by atoms with E-state index in [2.05, 4.69) is 30.2 Å². The van der Waals surface area contributed by atoms with E-state index in [0.29, 0.717) is 18.4 Å². The summed E-state index contributed by atoms with van der Waals surface area (Å²) in [4.78, 5) is 14.0. The van der Waals surface area contributed by atoms with Gasteiger partial charge in [-0.25, -0.2) is 0 Å². The molecule has 2 aliphatic rings. The van der Waals surface area contributed by atoms with Crippen LogP contribution in [0.2, 0.25) is 0 Å². The molecular weight excluding hydrogens is 222 g/mol. The molecule has 18 heavy (non-hydrogen) atoms. The van der Waals surface area contributed by atoms with E-state index in [1.54, 1.807) is 11.9 Å². The van der Waals surface area contributed by atoms with Crippen LogP contribution in [0.1, 0.15) is 23.5 Å². The number of terminal acetylenes is 1. The molecule has 3 rings (SSSR count). The van der Waals surface area contributed by atoms with Crippen molar-refractivity contribution < 1.29 is 4.79 Å². The average Bonchev–Trinajstić information content (AvgIpc) is 3.13. The van der Waals surface area contributed by atoms with Crippen molar-refractivity contribution in [3.8, 4) is 12.3 Å². The summed E-state index contributed by atoms with van der Waals surface area (Å²) in [6.45, 7) is 0.413. The topological polar surface area (TPSA) is 20.3 Å². The minimum absolute atomic E-state index is 0.173. The molecule has 0 bridgehead atoms. The van der Waals surface area contributed by atoms with Crippen molar-refractivity contribution >= 4 is 5.91 Å². The van der Waals surface area contributed by atoms with Gasteiger partial charge in [-0.15, -0.1) is 6.42 Å². The summed E-state index contributed by atoms with van der Waals surface area (Å²) >= 11 is 0. The van der Waals surface area contributed by atoms with E-state index >= 15 is 0 Å². The predicted molar refractivity (Wildman–Crippen MR) is 71.0 cm³/mol. The number of amides is 1. The van der Waals surface area contributed by atoms with Gasteiger partial charge in [0.1, 0.15) is 0 Å². The van der Waals surface area contributed by atoms with Gasteiger partial charge in [0, 0.05) is 13.0 Å². The molecule has 2 nitrogen and oxygen atoms in total. The number of rotatable bonds is 2. The second-order valence-electron chi connectivity index (χ2n) is 5.35. The number of carbonyl (C=O) groups is 1. The molecule has 3 unspecified atom stereocenters. The summed E-state index contributed by atoms with van der Waals surface area (Å²) in [6, 6.07) is 8.53. The van der Waals surface area contributed by atoms with E-state index in [1.807, 2.05) is 0 Å². The van der Waals surface area contributed by atoms with Gasteiger partial charge < -0.3 is 4.90 Å². The van der Waals surface area contributed by atoms with Gasteiger partial charge in [0.15, 0.2) is 0 Å². The Kier molecular flexibility index (Phi) is 2.63. The number of aryl methyl sites for hydroxylation is 1. The fourth-order valence-corrected chi connectivity index (χ4v) is 3.37. The normalized spacial score (nSPS) is 27.7. The van der Waals surface area contributed by atoms with Crippen molar-refractivity contribution in [3.05, 3.63) is 35.4 Å². The summed E-state index contributed by atoms with van der Waals surface area (Å²) < 4.78 is 0. The van der Waals surface area contributed by atoms with E-state index in [9.17, 15) is 4.79 Å². The van der Waals surface area contributed by atoms with Gasteiger partial charge >= 0.3 is 0 Å². The molecule has 0 aliphatic heterocycles. The highest BCUT2D eigenvalue weighted by atomic mass is 16.2. The molecule has 2 aliphatic carbocycles. The third-order valence-electron chi connectivity index (χ3n) is 4.32. The second-order valence-corrected chi connectivity index (χ2v) is 5.35. The third kappa shape index (κ3) is 1.62. The predicted octanol–water partition coefficient (Wildman–Crippen LogP) is 2.05. The van der Waals surface area contributed by atoms with E-state index in [-0.39, 0.29) is 11.8 Å². The van der Waals surface area contributed by atoms with Crippen LogP contribution in [0.15, 0.2) is 24.3 Å². The lowest BCUT2D eigenvalue weighted by Gasteiger charge is -2.14. The Morgan fingerprint density at radius 1 is 1.50 bits per heavy atom. The highest BCUT2D eigenvalue weighted by molar-refractivity contribution is 5.84. The molecule has 0 heterocycles. The zero-order valence-electron chi connectivity index (χ0n) is 10.6. The van der Waals surface area contributed by atoms with Gasteiger partial charge in [0.05, 0.1) is 6.54 Å². The quantitative estimate of drug-likeness (QED) is 0.723. The fourth-order valence-electron chi connectivity index (χ4n) is 3.37. The fraction of sp³-hybridized carbons (Fsp3) is 0.438. The molecule has 0 saturated heterocycles. The minimum atomic E-state index is 0.173. The van der Waals surface area contributed by atoms with Crippen LogP contribution in [0.5, 0.6) is 0 Å². The van der Waals surface area contributed by atoms with Gasteiger partial charge in [-0.1, -0.05) is 30.2 Å². The monoisotopic (exact) mass is 239 g/mol. The van der Waals surface area contributed by atoms with Crippen molar-refractivity contribution in [2.75, 3.05) is 13.6 Å². The number of benzene rings is 1. The Hall–Kier alpha value is -1.75. The maximum absolute atomic E-state index is 12.3. The maximum atomic E-state index is 12.3. The number of hydrogen-bond donors (Lipinski definition) is 0. The van der Waals surface area contributed by atoms with Gasteiger partial charge in [-0.2, -0.15) is 0 Å². The van der Waals surface area contributed by atoms with Crippen molar-refractivity contribution in [1.29, 1.82) is 0 Å². The van der Waals surface area contributed by atoms with Gasteiger partial charge in [-0.3, -0.25) is 4.79 Å². The van der Waals surface area contributed by atoms with E-state index < -0.39 is 0 Å². The summed E-state index contributed by atoms with van der Waals surface area (Å²) in [5.74, 6) is 3.93. The highest BCUT2D eigenvalue weighted by Gasteiger charge is 2.57. The van der Waals surface area contributed by atoms with Gasteiger partial charge in [0.25, 0.3) is 0 Å². The first-order chi connectivity index (χ1) is 8.74.